The van der Waals surface area contributed by atoms with Crippen molar-refractivity contribution in [1.82, 2.24) is 15.2 Å². The number of hydrogen-bond donors (Lipinski definition) is 2. The summed E-state index contributed by atoms with van der Waals surface area (Å²) in [7, 11) is 0. The molecule has 2 amide bonds. The molecule has 1 atom stereocenters. The SMILES string of the molecule is CC(C)=CC(=O)N[C@H]1CCCCN(C(=O)c2cc(=O)cc(Cl)[nH]2)C1. The van der Waals surface area contributed by atoms with E-state index in [0.29, 0.717) is 13.1 Å². The number of aromatic nitrogens is 1. The van der Waals surface area contributed by atoms with Crippen molar-refractivity contribution >= 4 is 23.4 Å². The summed E-state index contributed by atoms with van der Waals surface area (Å²) in [5.41, 5.74) is 0.777. The van der Waals surface area contributed by atoms with Crippen molar-refractivity contribution in [2.45, 2.75) is 39.2 Å². The predicted molar refractivity (Wildman–Crippen MR) is 93.2 cm³/mol. The van der Waals surface area contributed by atoms with Gasteiger partial charge in [0.15, 0.2) is 5.43 Å². The molecule has 2 heterocycles. The zero-order valence-corrected chi connectivity index (χ0v) is 14.7. The van der Waals surface area contributed by atoms with E-state index in [4.69, 9.17) is 11.6 Å². The average Bonchev–Trinajstić information content (AvgIpc) is 2.70. The maximum atomic E-state index is 12.6. The van der Waals surface area contributed by atoms with Crippen LogP contribution in [0.5, 0.6) is 0 Å². The molecule has 7 heteroatoms. The highest BCUT2D eigenvalue weighted by molar-refractivity contribution is 6.29. The van der Waals surface area contributed by atoms with Gasteiger partial charge in [-0.2, -0.15) is 0 Å². The van der Waals surface area contributed by atoms with Gasteiger partial charge in [-0.1, -0.05) is 17.2 Å². The van der Waals surface area contributed by atoms with Crippen LogP contribution >= 0.6 is 11.6 Å². The number of nitrogens with zero attached hydrogens (tertiary/aromatic N) is 1. The molecule has 0 aromatic carbocycles. The minimum Gasteiger partial charge on any atom is -0.348 e. The molecule has 24 heavy (non-hydrogen) atoms. The van der Waals surface area contributed by atoms with Crippen molar-refractivity contribution < 1.29 is 9.59 Å². The first-order valence-corrected chi connectivity index (χ1v) is 8.37. The predicted octanol–water partition coefficient (Wildman–Crippen LogP) is 2.11. The first kappa shape index (κ1) is 18.3. The molecule has 1 fully saturated rings. The number of pyridine rings is 1. The number of hydrogen-bond acceptors (Lipinski definition) is 3. The molecule has 0 saturated carbocycles. The lowest BCUT2D eigenvalue weighted by Gasteiger charge is -2.25. The van der Waals surface area contributed by atoms with Gasteiger partial charge in [-0.3, -0.25) is 14.4 Å². The molecule has 2 N–H and O–H groups in total. The van der Waals surface area contributed by atoms with Crippen LogP contribution in [0.2, 0.25) is 5.15 Å². The molecule has 1 saturated heterocycles. The number of rotatable bonds is 3. The van der Waals surface area contributed by atoms with Gasteiger partial charge in [0.25, 0.3) is 5.91 Å². The molecule has 1 aromatic heterocycles. The third-order valence-electron chi connectivity index (χ3n) is 3.76. The fourth-order valence-electron chi connectivity index (χ4n) is 2.74. The highest BCUT2D eigenvalue weighted by Gasteiger charge is 2.24. The fraction of sp³-hybridized carbons (Fsp3) is 0.471. The number of amides is 2. The summed E-state index contributed by atoms with van der Waals surface area (Å²) in [5, 5.41) is 3.08. The summed E-state index contributed by atoms with van der Waals surface area (Å²) >= 11 is 5.82. The molecule has 0 aliphatic carbocycles. The van der Waals surface area contributed by atoms with E-state index in [-0.39, 0.29) is 34.1 Å². The molecule has 2 rings (SSSR count). The van der Waals surface area contributed by atoms with E-state index in [1.165, 1.54) is 12.1 Å². The van der Waals surface area contributed by atoms with Crippen molar-refractivity contribution in [1.29, 1.82) is 0 Å². The van der Waals surface area contributed by atoms with Gasteiger partial charge < -0.3 is 15.2 Å². The van der Waals surface area contributed by atoms with E-state index in [9.17, 15) is 14.4 Å². The maximum absolute atomic E-state index is 12.6. The second-order valence-electron chi connectivity index (χ2n) is 6.25. The average molecular weight is 352 g/mol. The van der Waals surface area contributed by atoms with Gasteiger partial charge in [-0.25, -0.2) is 0 Å². The number of carbonyl (C=O) groups is 2. The van der Waals surface area contributed by atoms with Crippen molar-refractivity contribution in [2.75, 3.05) is 13.1 Å². The van der Waals surface area contributed by atoms with Crippen LogP contribution in [0.1, 0.15) is 43.6 Å². The lowest BCUT2D eigenvalue weighted by molar-refractivity contribution is -0.117. The number of allylic oxidation sites excluding steroid dienone is 1. The number of H-pyrrole nitrogens is 1. The Balaban J connectivity index is 2.11. The zero-order chi connectivity index (χ0) is 17.7. The Morgan fingerprint density at radius 3 is 2.75 bits per heavy atom. The summed E-state index contributed by atoms with van der Waals surface area (Å²) in [5.74, 6) is -0.427. The first-order valence-electron chi connectivity index (χ1n) is 7.99. The van der Waals surface area contributed by atoms with Crippen LogP contribution < -0.4 is 10.7 Å². The van der Waals surface area contributed by atoms with Crippen LogP contribution in [0, 0.1) is 0 Å². The Labute approximate surface area is 145 Å². The van der Waals surface area contributed by atoms with Crippen molar-refractivity contribution in [3.8, 4) is 0 Å². The normalized spacial score (nSPS) is 17.8. The third-order valence-corrected chi connectivity index (χ3v) is 3.97. The molecule has 130 valence electrons. The topological polar surface area (TPSA) is 82.3 Å². The van der Waals surface area contributed by atoms with Crippen LogP contribution in [0.3, 0.4) is 0 Å². The van der Waals surface area contributed by atoms with Gasteiger partial charge in [0, 0.05) is 37.3 Å². The lowest BCUT2D eigenvalue weighted by atomic mass is 10.1. The largest absolute Gasteiger partial charge is 0.348 e. The van der Waals surface area contributed by atoms with Crippen LogP contribution in [0.15, 0.2) is 28.6 Å². The Kier molecular flexibility index (Phi) is 6.20. The highest BCUT2D eigenvalue weighted by atomic mass is 35.5. The molecule has 0 unspecified atom stereocenters. The monoisotopic (exact) mass is 351 g/mol. The standard InChI is InChI=1S/C17H22ClN3O3/c1-11(2)7-16(23)19-12-5-3-4-6-21(10-12)17(24)14-8-13(22)9-15(18)20-14/h7-9,12H,3-6,10H2,1-2H3,(H,19,23)(H,20,22)/t12-/m0/s1. The molecule has 0 radical (unpaired) electrons. The summed E-state index contributed by atoms with van der Waals surface area (Å²) in [6.07, 6.45) is 4.14. The Morgan fingerprint density at radius 1 is 1.33 bits per heavy atom. The highest BCUT2D eigenvalue weighted by Crippen LogP contribution is 2.14. The smallest absolute Gasteiger partial charge is 0.270 e. The second-order valence-corrected chi connectivity index (χ2v) is 6.66. The molecule has 1 aliphatic heterocycles. The molecule has 1 aliphatic rings. The second kappa shape index (κ2) is 8.15. The van der Waals surface area contributed by atoms with Gasteiger partial charge in [-0.15, -0.1) is 0 Å². The molecular weight excluding hydrogens is 330 g/mol. The Bertz CT molecular complexity index is 707. The quantitative estimate of drug-likeness (QED) is 0.646. The summed E-state index contributed by atoms with van der Waals surface area (Å²) in [4.78, 5) is 40.5. The van der Waals surface area contributed by atoms with Crippen LogP contribution in [-0.2, 0) is 4.79 Å². The number of aromatic amines is 1. The third kappa shape index (κ3) is 5.23. The van der Waals surface area contributed by atoms with E-state index < -0.39 is 0 Å². The molecule has 0 spiro atoms. The minimum atomic E-state index is -0.315. The van der Waals surface area contributed by atoms with E-state index in [1.807, 2.05) is 13.8 Å². The number of likely N-dealkylation sites (tertiary alicyclic amines) is 1. The first-order chi connectivity index (χ1) is 11.3. The fourth-order valence-corrected chi connectivity index (χ4v) is 2.95. The number of carbonyl (C=O) groups excluding carboxylic acids is 2. The van der Waals surface area contributed by atoms with Gasteiger partial charge in [0.05, 0.1) is 0 Å². The van der Waals surface area contributed by atoms with E-state index in [0.717, 1.165) is 24.8 Å². The van der Waals surface area contributed by atoms with Crippen molar-refractivity contribution in [3.63, 3.8) is 0 Å². The Morgan fingerprint density at radius 2 is 2.08 bits per heavy atom. The van der Waals surface area contributed by atoms with Gasteiger partial charge in [0.1, 0.15) is 10.8 Å². The van der Waals surface area contributed by atoms with Gasteiger partial charge >= 0.3 is 0 Å². The van der Waals surface area contributed by atoms with Crippen molar-refractivity contribution in [2.24, 2.45) is 0 Å². The van der Waals surface area contributed by atoms with E-state index in [1.54, 1.807) is 11.0 Å². The van der Waals surface area contributed by atoms with Gasteiger partial charge in [0.2, 0.25) is 5.91 Å². The lowest BCUT2D eigenvalue weighted by Crippen LogP contribution is -2.44. The van der Waals surface area contributed by atoms with Crippen LogP contribution in [0.4, 0.5) is 0 Å². The molecule has 6 nitrogen and oxygen atoms in total. The molecular formula is C17H22ClN3O3. The van der Waals surface area contributed by atoms with E-state index >= 15 is 0 Å². The van der Waals surface area contributed by atoms with Crippen LogP contribution in [-0.4, -0.2) is 40.8 Å². The molecule has 0 bridgehead atoms. The van der Waals surface area contributed by atoms with Crippen molar-refractivity contribution in [3.05, 3.63) is 44.9 Å². The minimum absolute atomic E-state index is 0.106. The summed E-state index contributed by atoms with van der Waals surface area (Å²) in [6.45, 7) is 4.72. The Hall–Kier alpha value is -2.08. The summed E-state index contributed by atoms with van der Waals surface area (Å²) < 4.78 is 0. The van der Waals surface area contributed by atoms with E-state index in [2.05, 4.69) is 10.3 Å². The van der Waals surface area contributed by atoms with Crippen LogP contribution in [0.25, 0.3) is 0 Å². The maximum Gasteiger partial charge on any atom is 0.270 e. The number of halogens is 1. The van der Waals surface area contributed by atoms with Gasteiger partial charge in [-0.05, 0) is 33.1 Å². The summed E-state index contributed by atoms with van der Waals surface area (Å²) in [6, 6.07) is 2.37. The molecule has 1 aromatic rings. The number of nitrogens with one attached hydrogen (secondary N) is 2. The zero-order valence-electron chi connectivity index (χ0n) is 13.9.